The molecule has 0 bridgehead atoms. The van der Waals surface area contributed by atoms with Crippen molar-refractivity contribution in [3.63, 3.8) is 0 Å². The van der Waals surface area contributed by atoms with Gasteiger partial charge in [-0.3, -0.25) is 33.6 Å². The molecule has 0 aromatic rings. The number of aliphatic carboxylic acids is 4. The van der Waals surface area contributed by atoms with Gasteiger partial charge >= 0.3 is 35.8 Å². The lowest BCUT2D eigenvalue weighted by Crippen LogP contribution is -2.42. The van der Waals surface area contributed by atoms with E-state index >= 15 is 0 Å². The lowest BCUT2D eigenvalue weighted by Gasteiger charge is -2.33. The number of rotatable bonds is 29. The van der Waals surface area contributed by atoms with Crippen LogP contribution in [0.3, 0.4) is 0 Å². The molecule has 0 unspecified atom stereocenters. The van der Waals surface area contributed by atoms with Crippen molar-refractivity contribution in [2.75, 3.05) is 0 Å². The molecule has 48 heavy (non-hydrogen) atoms. The Kier molecular flexibility index (Phi) is 22.8. The van der Waals surface area contributed by atoms with Crippen LogP contribution in [0.2, 0.25) is 0 Å². The molecule has 5 N–H and O–H groups in total. The van der Waals surface area contributed by atoms with Gasteiger partial charge in [-0.1, -0.05) is 78.6 Å². The zero-order valence-corrected chi connectivity index (χ0v) is 28.8. The molecule has 0 fully saturated rings. The van der Waals surface area contributed by atoms with E-state index in [1.165, 1.54) is 6.92 Å². The number of carboxylic acids is 4. The summed E-state index contributed by atoms with van der Waals surface area (Å²) < 4.78 is 11.5. The summed E-state index contributed by atoms with van der Waals surface area (Å²) in [5.74, 6) is -11.5. The van der Waals surface area contributed by atoms with E-state index in [1.807, 2.05) is 13.8 Å². The maximum absolute atomic E-state index is 13.0. The van der Waals surface area contributed by atoms with Crippen molar-refractivity contribution in [2.45, 2.75) is 149 Å². The maximum atomic E-state index is 13.0. The average Bonchev–Trinajstić information content (AvgIpc) is 2.98. The summed E-state index contributed by atoms with van der Waals surface area (Å²) in [7, 11) is 0. The van der Waals surface area contributed by atoms with Gasteiger partial charge in [-0.25, -0.2) is 0 Å². The van der Waals surface area contributed by atoms with Crippen molar-refractivity contribution < 1.29 is 68.6 Å². The summed E-state index contributed by atoms with van der Waals surface area (Å²) in [6.07, 6.45) is 2.65. The number of aliphatic hydroxyl groups is 1. The molecule has 0 saturated heterocycles. The van der Waals surface area contributed by atoms with Crippen LogP contribution in [-0.4, -0.2) is 85.4 Å². The summed E-state index contributed by atoms with van der Waals surface area (Å²) in [6, 6.07) is 0. The highest BCUT2D eigenvalue weighted by Gasteiger charge is 2.36. The van der Waals surface area contributed by atoms with Crippen molar-refractivity contribution in [3.05, 3.63) is 0 Å². The van der Waals surface area contributed by atoms with Crippen LogP contribution in [-0.2, 0) is 43.0 Å². The highest BCUT2D eigenvalue weighted by molar-refractivity contribution is 5.84. The van der Waals surface area contributed by atoms with E-state index < -0.39 is 91.6 Å². The predicted octanol–water partition coefficient (Wildman–Crippen LogP) is 4.86. The SMILES string of the molecule is CCCC[C@H](C)[C@H](OC(=O)C[C@@H](CC(=O)O)C(=O)O)[C@H](C[C@@H](C)CCCCCCCC[C@H](O)C(C)=O)OC(=O)C[C@@H](CC(=O)O)C(=O)O. The zero-order valence-electron chi connectivity index (χ0n) is 28.8. The van der Waals surface area contributed by atoms with Gasteiger partial charge in [0.25, 0.3) is 0 Å². The predicted molar refractivity (Wildman–Crippen MR) is 172 cm³/mol. The Hall–Kier alpha value is -3.55. The largest absolute Gasteiger partial charge is 0.481 e. The van der Waals surface area contributed by atoms with E-state index in [0.29, 0.717) is 12.8 Å². The van der Waals surface area contributed by atoms with Crippen LogP contribution >= 0.6 is 0 Å². The van der Waals surface area contributed by atoms with Crippen LogP contribution in [0.1, 0.15) is 130 Å². The molecule has 0 aromatic carbocycles. The average molecular weight is 689 g/mol. The first-order valence-electron chi connectivity index (χ1n) is 16.9. The fraction of sp³-hybridized carbons (Fsp3) is 0.794. The van der Waals surface area contributed by atoms with Gasteiger partial charge in [0.2, 0.25) is 0 Å². The summed E-state index contributed by atoms with van der Waals surface area (Å²) in [5, 5.41) is 46.6. The number of Topliss-reactive ketones (excluding diaryl/α,β-unsaturated/α-hetero) is 1. The lowest BCUT2D eigenvalue weighted by molar-refractivity contribution is -0.177. The molecule has 0 saturated carbocycles. The van der Waals surface area contributed by atoms with E-state index in [-0.39, 0.29) is 24.0 Å². The lowest BCUT2D eigenvalue weighted by atomic mass is 9.87. The summed E-state index contributed by atoms with van der Waals surface area (Å²) >= 11 is 0. The van der Waals surface area contributed by atoms with E-state index in [4.69, 9.17) is 19.7 Å². The number of carbonyl (C=O) groups excluding carboxylic acids is 3. The van der Waals surface area contributed by atoms with Gasteiger partial charge in [-0.2, -0.15) is 0 Å². The minimum absolute atomic E-state index is 0.0545. The van der Waals surface area contributed by atoms with Gasteiger partial charge in [-0.15, -0.1) is 0 Å². The number of ether oxygens (including phenoxy) is 2. The topological polar surface area (TPSA) is 239 Å². The zero-order chi connectivity index (χ0) is 36.8. The number of unbranched alkanes of at least 4 members (excludes halogenated alkanes) is 6. The Morgan fingerprint density at radius 1 is 0.604 bits per heavy atom. The summed E-state index contributed by atoms with van der Waals surface area (Å²) in [4.78, 5) is 82.7. The van der Waals surface area contributed by atoms with Gasteiger partial charge in [-0.05, 0) is 38.0 Å². The molecule has 0 aliphatic carbocycles. The molecule has 0 radical (unpaired) electrons. The molecule has 14 heteroatoms. The minimum atomic E-state index is -1.54. The smallest absolute Gasteiger partial charge is 0.307 e. The standard InChI is InChI=1S/C34H56O14/c1-5-6-14-22(3)32(48-31(42)20-25(34(45)46)18-29(39)40)27(47-30(41)19-24(33(43)44)17-28(37)38)16-21(2)13-11-9-7-8-10-12-15-26(36)23(4)35/h21-22,24-27,32,36H,5-20H2,1-4H3,(H,37,38)(H,39,40)(H,43,44)(H,45,46)/t21-,22-,24+,25+,26-,27-,32-/m0/s1. The molecular weight excluding hydrogens is 632 g/mol. The van der Waals surface area contributed by atoms with Crippen LogP contribution < -0.4 is 0 Å². The van der Waals surface area contributed by atoms with Crippen LogP contribution in [0.15, 0.2) is 0 Å². The number of ketones is 1. The van der Waals surface area contributed by atoms with E-state index in [2.05, 4.69) is 0 Å². The van der Waals surface area contributed by atoms with Gasteiger partial charge < -0.3 is 35.0 Å². The second-order valence-corrected chi connectivity index (χ2v) is 12.9. The molecule has 7 atom stereocenters. The molecule has 0 amide bonds. The third kappa shape index (κ3) is 20.6. The van der Waals surface area contributed by atoms with Gasteiger partial charge in [0, 0.05) is 0 Å². The van der Waals surface area contributed by atoms with E-state index in [0.717, 1.165) is 57.8 Å². The highest BCUT2D eigenvalue weighted by atomic mass is 16.6. The van der Waals surface area contributed by atoms with Gasteiger partial charge in [0.05, 0.1) is 37.5 Å². The molecule has 14 nitrogen and oxygen atoms in total. The first-order valence-corrected chi connectivity index (χ1v) is 16.9. The number of aliphatic hydroxyl groups excluding tert-OH is 1. The second-order valence-electron chi connectivity index (χ2n) is 12.9. The summed E-state index contributed by atoms with van der Waals surface area (Å²) in [5.41, 5.74) is 0. The van der Waals surface area contributed by atoms with Crippen molar-refractivity contribution >= 4 is 41.6 Å². The molecule has 0 heterocycles. The number of esters is 2. The van der Waals surface area contributed by atoms with Crippen molar-refractivity contribution in [1.82, 2.24) is 0 Å². The molecule has 0 aromatic heterocycles. The Bertz CT molecular complexity index is 1040. The summed E-state index contributed by atoms with van der Waals surface area (Å²) in [6.45, 7) is 7.03. The van der Waals surface area contributed by atoms with Crippen LogP contribution in [0.25, 0.3) is 0 Å². The Balaban J connectivity index is 5.81. The number of hydrogen-bond donors (Lipinski definition) is 5. The fourth-order valence-electron chi connectivity index (χ4n) is 5.49. The van der Waals surface area contributed by atoms with Crippen LogP contribution in [0.4, 0.5) is 0 Å². The monoisotopic (exact) mass is 688 g/mol. The quantitative estimate of drug-likeness (QED) is 0.0521. The molecule has 0 spiro atoms. The molecule has 0 aliphatic heterocycles. The van der Waals surface area contributed by atoms with E-state index in [9.17, 15) is 48.9 Å². The van der Waals surface area contributed by atoms with Gasteiger partial charge in [0.15, 0.2) is 5.78 Å². The third-order valence-electron chi connectivity index (χ3n) is 8.39. The number of carboxylic acid groups (broad SMARTS) is 4. The fourth-order valence-corrected chi connectivity index (χ4v) is 5.49. The van der Waals surface area contributed by atoms with Crippen LogP contribution in [0.5, 0.6) is 0 Å². The number of hydrogen-bond acceptors (Lipinski definition) is 10. The normalized spacial score (nSPS) is 15.6. The van der Waals surface area contributed by atoms with E-state index in [1.54, 1.807) is 6.92 Å². The van der Waals surface area contributed by atoms with Gasteiger partial charge in [0.1, 0.15) is 18.3 Å². The minimum Gasteiger partial charge on any atom is -0.481 e. The Morgan fingerprint density at radius 2 is 1.06 bits per heavy atom. The molecular formula is C34H56O14. The highest BCUT2D eigenvalue weighted by Crippen LogP contribution is 2.29. The first-order chi connectivity index (χ1) is 22.5. The van der Waals surface area contributed by atoms with Crippen molar-refractivity contribution in [3.8, 4) is 0 Å². The molecule has 0 aliphatic rings. The van der Waals surface area contributed by atoms with Crippen LogP contribution in [0, 0.1) is 23.7 Å². The maximum Gasteiger partial charge on any atom is 0.307 e. The molecule has 0 rings (SSSR count). The molecule has 276 valence electrons. The second kappa shape index (κ2) is 24.6. The number of carbonyl (C=O) groups is 7. The van der Waals surface area contributed by atoms with Crippen molar-refractivity contribution in [1.29, 1.82) is 0 Å². The first kappa shape index (κ1) is 44.5. The Morgan fingerprint density at radius 3 is 1.50 bits per heavy atom. The third-order valence-corrected chi connectivity index (χ3v) is 8.39. The Labute approximate surface area is 282 Å². The van der Waals surface area contributed by atoms with Crippen molar-refractivity contribution in [2.24, 2.45) is 23.7 Å².